The Balaban J connectivity index is 1.72. The molecule has 0 heterocycles. The molecule has 2 N–H and O–H groups in total. The molecule has 3 aromatic rings. The zero-order valence-electron chi connectivity index (χ0n) is 21.3. The molecule has 0 bridgehead atoms. The van der Waals surface area contributed by atoms with Gasteiger partial charge in [-0.1, -0.05) is 24.3 Å². The highest BCUT2D eigenvalue weighted by Crippen LogP contribution is 2.44. The number of benzene rings is 3. The smallest absolute Gasteiger partial charge is 0.308 e. The molecule has 1 aliphatic rings. The number of esters is 3. The van der Waals surface area contributed by atoms with Gasteiger partial charge < -0.3 is 24.4 Å². The molecule has 1 aliphatic carbocycles. The molecule has 0 aromatic heterocycles. The largest absolute Gasteiger partial charge is 0.507 e. The number of ether oxygens (including phenoxy) is 3. The lowest BCUT2D eigenvalue weighted by molar-refractivity contribution is -0.135. The Morgan fingerprint density at radius 3 is 1.64 bits per heavy atom. The summed E-state index contributed by atoms with van der Waals surface area (Å²) in [7, 11) is 0. The number of phenolic OH excluding ortho intramolecular Hbond substituents is 2. The molecule has 0 saturated heterocycles. The van der Waals surface area contributed by atoms with E-state index in [1.54, 1.807) is 12.1 Å². The summed E-state index contributed by atoms with van der Waals surface area (Å²) in [5.74, 6) is -5.25. The number of hydrogen-bond acceptors (Lipinski definition) is 10. The lowest BCUT2D eigenvalue weighted by Crippen LogP contribution is -2.25. The zero-order valence-corrected chi connectivity index (χ0v) is 21.3. The predicted octanol–water partition coefficient (Wildman–Crippen LogP) is 3.75. The van der Waals surface area contributed by atoms with Crippen molar-refractivity contribution in [2.24, 2.45) is 0 Å². The molecule has 0 radical (unpaired) electrons. The number of fused-ring (bicyclic) bond motifs is 2. The van der Waals surface area contributed by atoms with Crippen molar-refractivity contribution in [1.82, 2.24) is 0 Å². The minimum atomic E-state index is -0.951. The number of aromatic hydroxyl groups is 2. The molecule has 0 spiro atoms. The highest BCUT2D eigenvalue weighted by Gasteiger charge is 2.38. The van der Waals surface area contributed by atoms with E-state index < -0.39 is 29.6 Å². The van der Waals surface area contributed by atoms with Crippen LogP contribution in [0.2, 0.25) is 0 Å². The Labute approximate surface area is 222 Å². The van der Waals surface area contributed by atoms with Gasteiger partial charge in [-0.25, -0.2) is 0 Å². The molecule has 0 amide bonds. The van der Waals surface area contributed by atoms with Crippen molar-refractivity contribution in [3.8, 4) is 28.7 Å². The van der Waals surface area contributed by atoms with Crippen LogP contribution in [0.5, 0.6) is 28.7 Å². The zero-order chi connectivity index (χ0) is 28.4. The monoisotopic (exact) mass is 532 g/mol. The summed E-state index contributed by atoms with van der Waals surface area (Å²) >= 11 is 0. The summed E-state index contributed by atoms with van der Waals surface area (Å²) in [6, 6.07) is 11.7. The molecule has 0 atom stereocenters. The van der Waals surface area contributed by atoms with Gasteiger partial charge in [-0.15, -0.1) is 0 Å². The van der Waals surface area contributed by atoms with Crippen LogP contribution in [-0.2, 0) is 25.6 Å². The highest BCUT2D eigenvalue weighted by atomic mass is 16.6. The first-order valence-electron chi connectivity index (χ1n) is 11.9. The van der Waals surface area contributed by atoms with Gasteiger partial charge in [0.25, 0.3) is 0 Å². The topological polar surface area (TPSA) is 154 Å². The molecule has 0 saturated carbocycles. The van der Waals surface area contributed by atoms with Crippen LogP contribution in [0.3, 0.4) is 0 Å². The van der Waals surface area contributed by atoms with E-state index in [-0.39, 0.29) is 58.5 Å². The SMILES string of the molecule is CC(=O)Oc1cc(CCC(=O)C2c3cccc(O)c3C(=O)c3c(O)cccc32)cc(OC(C)=O)c1OC(C)=O. The molecule has 0 fully saturated rings. The van der Waals surface area contributed by atoms with Gasteiger partial charge in [0.15, 0.2) is 11.5 Å². The Hall–Kier alpha value is -4.99. The molecule has 39 heavy (non-hydrogen) atoms. The number of carbonyl (C=O) groups is 5. The van der Waals surface area contributed by atoms with Gasteiger partial charge in [-0.05, 0) is 47.4 Å². The average Bonchev–Trinajstić information content (AvgIpc) is 2.84. The minimum absolute atomic E-state index is 0.0510. The number of rotatable bonds is 7. The third kappa shape index (κ3) is 5.49. The van der Waals surface area contributed by atoms with Gasteiger partial charge in [0.1, 0.15) is 17.3 Å². The van der Waals surface area contributed by atoms with Crippen molar-refractivity contribution in [3.63, 3.8) is 0 Å². The van der Waals surface area contributed by atoms with E-state index in [4.69, 9.17) is 14.2 Å². The number of aryl methyl sites for hydroxylation is 1. The molecule has 200 valence electrons. The van der Waals surface area contributed by atoms with Crippen molar-refractivity contribution in [2.45, 2.75) is 39.5 Å². The summed E-state index contributed by atoms with van der Waals surface area (Å²) in [4.78, 5) is 61.8. The fraction of sp³-hybridized carbons (Fsp3) is 0.207. The van der Waals surface area contributed by atoms with Crippen molar-refractivity contribution in [1.29, 1.82) is 0 Å². The molecular formula is C29H24O10. The molecule has 10 heteroatoms. The molecule has 10 nitrogen and oxygen atoms in total. The van der Waals surface area contributed by atoms with E-state index >= 15 is 0 Å². The van der Waals surface area contributed by atoms with Gasteiger partial charge in [0.2, 0.25) is 11.5 Å². The first-order valence-corrected chi connectivity index (χ1v) is 11.9. The number of Topliss-reactive ketones (excluding diaryl/α,β-unsaturated/α-hetero) is 1. The van der Waals surface area contributed by atoms with E-state index in [0.717, 1.165) is 20.8 Å². The fourth-order valence-corrected chi connectivity index (χ4v) is 4.62. The second kappa shape index (κ2) is 10.8. The van der Waals surface area contributed by atoms with Crippen LogP contribution >= 0.6 is 0 Å². The van der Waals surface area contributed by atoms with Crippen molar-refractivity contribution in [2.75, 3.05) is 0 Å². The Bertz CT molecular complexity index is 1440. The maximum Gasteiger partial charge on any atom is 0.308 e. The number of hydrogen-bond donors (Lipinski definition) is 2. The Morgan fingerprint density at radius 1 is 0.744 bits per heavy atom. The van der Waals surface area contributed by atoms with E-state index in [9.17, 15) is 34.2 Å². The number of carbonyl (C=O) groups excluding carboxylic acids is 5. The lowest BCUT2D eigenvalue weighted by atomic mass is 9.74. The second-order valence-corrected chi connectivity index (χ2v) is 8.91. The quantitative estimate of drug-likeness (QED) is 0.340. The van der Waals surface area contributed by atoms with Gasteiger partial charge in [0.05, 0.1) is 17.0 Å². The fourth-order valence-electron chi connectivity index (χ4n) is 4.62. The summed E-state index contributed by atoms with van der Waals surface area (Å²) in [6.45, 7) is 3.41. The van der Waals surface area contributed by atoms with Crippen LogP contribution in [0.25, 0.3) is 0 Å². The third-order valence-electron chi connectivity index (χ3n) is 6.04. The average molecular weight is 533 g/mol. The van der Waals surface area contributed by atoms with Crippen molar-refractivity contribution < 1.29 is 48.4 Å². The minimum Gasteiger partial charge on any atom is -0.507 e. The number of phenols is 2. The lowest BCUT2D eigenvalue weighted by Gasteiger charge is -2.27. The van der Waals surface area contributed by atoms with Crippen LogP contribution in [0, 0.1) is 0 Å². The third-order valence-corrected chi connectivity index (χ3v) is 6.04. The van der Waals surface area contributed by atoms with Crippen LogP contribution in [0.4, 0.5) is 0 Å². The first kappa shape index (κ1) is 27.1. The van der Waals surface area contributed by atoms with Crippen LogP contribution in [-0.4, -0.2) is 39.7 Å². The van der Waals surface area contributed by atoms with Gasteiger partial charge >= 0.3 is 17.9 Å². The van der Waals surface area contributed by atoms with E-state index in [1.807, 2.05) is 0 Å². The second-order valence-electron chi connectivity index (χ2n) is 8.91. The van der Waals surface area contributed by atoms with E-state index in [1.165, 1.54) is 36.4 Å². The van der Waals surface area contributed by atoms with Crippen molar-refractivity contribution in [3.05, 3.63) is 76.3 Å². The standard InChI is InChI=1S/C29H24O10/c1-14(30)37-23-12-17(13-24(38-15(2)31)29(23)39-16(3)32)10-11-22(35)25-18-6-4-8-20(33)26(18)28(36)27-19(25)7-5-9-21(27)34/h4-9,12-13,25,33-34H,10-11H2,1-3H3. The van der Waals surface area contributed by atoms with Gasteiger partial charge in [0, 0.05) is 27.2 Å². The molecule has 0 unspecified atom stereocenters. The molecular weight excluding hydrogens is 508 g/mol. The first-order chi connectivity index (χ1) is 18.5. The molecule has 3 aromatic carbocycles. The molecule has 0 aliphatic heterocycles. The highest BCUT2D eigenvalue weighted by molar-refractivity contribution is 6.18. The maximum atomic E-state index is 13.6. The normalized spacial score (nSPS) is 12.2. The van der Waals surface area contributed by atoms with Crippen LogP contribution in [0.1, 0.15) is 65.7 Å². The number of ketones is 2. The molecule has 4 rings (SSSR count). The van der Waals surface area contributed by atoms with Crippen LogP contribution in [0.15, 0.2) is 48.5 Å². The maximum absolute atomic E-state index is 13.6. The van der Waals surface area contributed by atoms with Crippen molar-refractivity contribution >= 4 is 29.5 Å². The summed E-state index contributed by atoms with van der Waals surface area (Å²) in [5.41, 5.74) is 0.949. The van der Waals surface area contributed by atoms with Crippen LogP contribution < -0.4 is 14.2 Å². The van der Waals surface area contributed by atoms with Gasteiger partial charge in [-0.2, -0.15) is 0 Å². The van der Waals surface area contributed by atoms with Gasteiger partial charge in [-0.3, -0.25) is 24.0 Å². The summed E-state index contributed by atoms with van der Waals surface area (Å²) in [5, 5.41) is 20.8. The predicted molar refractivity (Wildman–Crippen MR) is 135 cm³/mol. The Kier molecular flexibility index (Phi) is 7.48. The summed E-state index contributed by atoms with van der Waals surface area (Å²) in [6.07, 6.45) is -0.0105. The summed E-state index contributed by atoms with van der Waals surface area (Å²) < 4.78 is 15.5. The van der Waals surface area contributed by atoms with E-state index in [2.05, 4.69) is 0 Å². The Morgan fingerprint density at radius 2 is 1.21 bits per heavy atom. The van der Waals surface area contributed by atoms with E-state index in [0.29, 0.717) is 16.7 Å².